The lowest BCUT2D eigenvalue weighted by molar-refractivity contribution is -0.122. The van der Waals surface area contributed by atoms with Crippen molar-refractivity contribution in [3.63, 3.8) is 0 Å². The zero-order valence-electron chi connectivity index (χ0n) is 17.1. The molecule has 0 spiro atoms. The van der Waals surface area contributed by atoms with Crippen LogP contribution in [0.2, 0.25) is 0 Å². The molecular weight excluding hydrogens is 423 g/mol. The van der Waals surface area contributed by atoms with Crippen molar-refractivity contribution in [2.24, 2.45) is 5.92 Å². The average Bonchev–Trinajstić information content (AvgIpc) is 2.74. The summed E-state index contributed by atoms with van der Waals surface area (Å²) < 4.78 is 0. The second-order valence-corrected chi connectivity index (χ2v) is 7.33. The Hall–Kier alpha value is -2.15. The number of piperidine rings is 1. The average molecular weight is 453 g/mol. The maximum atomic E-state index is 12.2. The number of pyridine rings is 1. The first-order valence-electron chi connectivity index (χ1n) is 9.93. The number of aromatic nitrogens is 1. The van der Waals surface area contributed by atoms with Crippen molar-refractivity contribution in [2.75, 3.05) is 18.4 Å². The van der Waals surface area contributed by atoms with E-state index in [1.165, 1.54) is 0 Å². The molecule has 1 aliphatic heterocycles. The van der Waals surface area contributed by atoms with E-state index in [2.05, 4.69) is 20.9 Å². The van der Waals surface area contributed by atoms with Crippen molar-refractivity contribution < 1.29 is 9.59 Å². The van der Waals surface area contributed by atoms with Gasteiger partial charge in [0.1, 0.15) is 0 Å². The predicted octanol–water partition coefficient (Wildman–Crippen LogP) is 4.13. The molecule has 3 rings (SSSR count). The normalized spacial score (nSPS) is 14.6. The Morgan fingerprint density at radius 1 is 1.07 bits per heavy atom. The molecule has 3 N–H and O–H groups in total. The summed E-state index contributed by atoms with van der Waals surface area (Å²) in [5.41, 5.74) is 2.29. The lowest BCUT2D eigenvalue weighted by Crippen LogP contribution is -2.30. The molecule has 6 nitrogen and oxygen atoms in total. The van der Waals surface area contributed by atoms with Crippen LogP contribution in [-0.4, -0.2) is 29.9 Å². The fraction of sp³-hybridized carbons (Fsp3) is 0.409. The van der Waals surface area contributed by atoms with Crippen LogP contribution in [0, 0.1) is 5.92 Å². The zero-order chi connectivity index (χ0) is 19.8. The molecule has 2 amide bonds. The second kappa shape index (κ2) is 13.2. The number of carbonyl (C=O) groups is 2. The summed E-state index contributed by atoms with van der Waals surface area (Å²) in [6, 6.07) is 10.8. The van der Waals surface area contributed by atoms with Gasteiger partial charge in [-0.05, 0) is 75.0 Å². The van der Waals surface area contributed by atoms with Gasteiger partial charge in [0, 0.05) is 30.1 Å². The van der Waals surface area contributed by atoms with E-state index in [4.69, 9.17) is 0 Å². The van der Waals surface area contributed by atoms with Gasteiger partial charge in [0.25, 0.3) is 5.91 Å². The summed E-state index contributed by atoms with van der Waals surface area (Å²) in [5, 5.41) is 9.29. The Bertz CT molecular complexity index is 781. The zero-order valence-corrected chi connectivity index (χ0v) is 18.7. The van der Waals surface area contributed by atoms with Crippen molar-refractivity contribution in [1.82, 2.24) is 15.6 Å². The van der Waals surface area contributed by atoms with E-state index in [9.17, 15) is 9.59 Å². The van der Waals surface area contributed by atoms with Crippen LogP contribution in [0.4, 0.5) is 5.69 Å². The fourth-order valence-corrected chi connectivity index (χ4v) is 3.46. The number of halogens is 2. The van der Waals surface area contributed by atoms with E-state index in [1.54, 1.807) is 24.5 Å². The van der Waals surface area contributed by atoms with Crippen LogP contribution >= 0.6 is 24.8 Å². The van der Waals surface area contributed by atoms with Gasteiger partial charge in [-0.3, -0.25) is 14.6 Å². The third-order valence-electron chi connectivity index (χ3n) is 5.23. The summed E-state index contributed by atoms with van der Waals surface area (Å²) >= 11 is 0. The summed E-state index contributed by atoms with van der Waals surface area (Å²) in [6.45, 7) is 4.10. The number of nitrogens with one attached hydrogen (secondary N) is 3. The predicted molar refractivity (Wildman–Crippen MR) is 125 cm³/mol. The van der Waals surface area contributed by atoms with Crippen molar-refractivity contribution >= 4 is 42.3 Å². The van der Waals surface area contributed by atoms with Gasteiger partial charge in [-0.2, -0.15) is 0 Å². The van der Waals surface area contributed by atoms with Gasteiger partial charge in [-0.1, -0.05) is 12.1 Å². The highest BCUT2D eigenvalue weighted by molar-refractivity contribution is 6.04. The highest BCUT2D eigenvalue weighted by atomic mass is 35.5. The Balaban J connectivity index is 0.00000225. The maximum Gasteiger partial charge on any atom is 0.255 e. The highest BCUT2D eigenvalue weighted by Gasteiger charge is 2.16. The van der Waals surface area contributed by atoms with E-state index in [0.717, 1.165) is 43.6 Å². The molecule has 2 heterocycles. The van der Waals surface area contributed by atoms with Gasteiger partial charge >= 0.3 is 0 Å². The topological polar surface area (TPSA) is 83.1 Å². The van der Waals surface area contributed by atoms with Gasteiger partial charge in [0.2, 0.25) is 5.91 Å². The minimum absolute atomic E-state index is 0. The molecule has 1 unspecified atom stereocenters. The highest BCUT2D eigenvalue weighted by Crippen LogP contribution is 2.19. The molecule has 8 heteroatoms. The molecule has 0 radical (unpaired) electrons. The Morgan fingerprint density at radius 2 is 1.70 bits per heavy atom. The number of rotatable bonds is 7. The molecular formula is C22H30Cl2N4O2. The Morgan fingerprint density at radius 3 is 2.33 bits per heavy atom. The minimum Gasteiger partial charge on any atom is -0.350 e. The first-order valence-corrected chi connectivity index (χ1v) is 9.93. The lowest BCUT2D eigenvalue weighted by Gasteiger charge is -2.22. The summed E-state index contributed by atoms with van der Waals surface area (Å²) in [6.07, 6.45) is 7.04. The SMILES string of the molecule is CC(NC(=O)CCC1CCNCC1)c1ccc(NC(=O)c2ccncc2)cc1.Cl.Cl. The number of carbonyl (C=O) groups excluding carboxylic acids is 2. The van der Waals surface area contributed by atoms with Crippen LogP contribution in [0.15, 0.2) is 48.8 Å². The van der Waals surface area contributed by atoms with Crippen molar-refractivity contribution in [2.45, 2.75) is 38.6 Å². The van der Waals surface area contributed by atoms with Gasteiger partial charge in [0.15, 0.2) is 0 Å². The molecule has 2 aromatic rings. The quantitative estimate of drug-likeness (QED) is 0.589. The number of hydrogen-bond donors (Lipinski definition) is 3. The number of nitrogens with zero attached hydrogens (tertiary/aromatic N) is 1. The van der Waals surface area contributed by atoms with Gasteiger partial charge in [0.05, 0.1) is 6.04 Å². The first kappa shape index (κ1) is 25.9. The Kier molecular flexibility index (Phi) is 11.4. The van der Waals surface area contributed by atoms with E-state index in [-0.39, 0.29) is 42.7 Å². The second-order valence-electron chi connectivity index (χ2n) is 7.33. The molecule has 1 atom stereocenters. The molecule has 1 aromatic heterocycles. The largest absolute Gasteiger partial charge is 0.350 e. The Labute approximate surface area is 190 Å². The van der Waals surface area contributed by atoms with Gasteiger partial charge < -0.3 is 16.0 Å². The smallest absolute Gasteiger partial charge is 0.255 e. The molecule has 0 aliphatic carbocycles. The number of benzene rings is 1. The molecule has 1 saturated heterocycles. The molecule has 0 bridgehead atoms. The van der Waals surface area contributed by atoms with Crippen LogP contribution in [0.1, 0.15) is 54.6 Å². The monoisotopic (exact) mass is 452 g/mol. The number of hydrogen-bond acceptors (Lipinski definition) is 4. The van der Waals surface area contributed by atoms with E-state index >= 15 is 0 Å². The van der Waals surface area contributed by atoms with Gasteiger partial charge in [-0.25, -0.2) is 0 Å². The summed E-state index contributed by atoms with van der Waals surface area (Å²) in [7, 11) is 0. The first-order chi connectivity index (χ1) is 13.6. The summed E-state index contributed by atoms with van der Waals surface area (Å²) in [5.74, 6) is 0.584. The number of anilines is 1. The fourth-order valence-electron chi connectivity index (χ4n) is 3.46. The van der Waals surface area contributed by atoms with E-state index in [1.807, 2.05) is 31.2 Å². The van der Waals surface area contributed by atoms with Crippen LogP contribution < -0.4 is 16.0 Å². The van der Waals surface area contributed by atoms with Crippen molar-refractivity contribution in [1.29, 1.82) is 0 Å². The summed E-state index contributed by atoms with van der Waals surface area (Å²) in [4.78, 5) is 28.3. The van der Waals surface area contributed by atoms with E-state index in [0.29, 0.717) is 17.9 Å². The van der Waals surface area contributed by atoms with Crippen LogP contribution in [0.5, 0.6) is 0 Å². The molecule has 1 aromatic carbocycles. The lowest BCUT2D eigenvalue weighted by atomic mass is 9.93. The van der Waals surface area contributed by atoms with Crippen molar-refractivity contribution in [3.8, 4) is 0 Å². The number of amides is 2. The molecule has 1 fully saturated rings. The molecule has 164 valence electrons. The van der Waals surface area contributed by atoms with Crippen LogP contribution in [0.25, 0.3) is 0 Å². The molecule has 1 aliphatic rings. The van der Waals surface area contributed by atoms with Crippen molar-refractivity contribution in [3.05, 3.63) is 59.9 Å². The third-order valence-corrected chi connectivity index (χ3v) is 5.23. The standard InChI is InChI=1S/C22H28N4O2.2ClH/c1-16(25-21(27)7-2-17-8-12-23-13-9-17)18-3-5-20(6-4-18)26-22(28)19-10-14-24-15-11-19;;/h3-6,10-11,14-17,23H,2,7-9,12-13H2,1H3,(H,25,27)(H,26,28);2*1H. The third kappa shape index (κ3) is 7.94. The molecule has 30 heavy (non-hydrogen) atoms. The van der Waals surface area contributed by atoms with Crippen LogP contribution in [-0.2, 0) is 4.79 Å². The molecule has 0 saturated carbocycles. The van der Waals surface area contributed by atoms with Gasteiger partial charge in [-0.15, -0.1) is 24.8 Å². The van der Waals surface area contributed by atoms with E-state index < -0.39 is 0 Å². The van der Waals surface area contributed by atoms with Crippen LogP contribution in [0.3, 0.4) is 0 Å². The minimum atomic E-state index is -0.172. The maximum absolute atomic E-state index is 12.2.